The van der Waals surface area contributed by atoms with E-state index in [0.29, 0.717) is 43.0 Å². The molecule has 0 unspecified atom stereocenters. The Bertz CT molecular complexity index is 1020. The molecule has 1 saturated heterocycles. The summed E-state index contributed by atoms with van der Waals surface area (Å²) in [5.74, 6) is 0.495. The smallest absolute Gasteiger partial charge is 0.244 e. The second-order valence-electron chi connectivity index (χ2n) is 8.12. The number of rotatable bonds is 6. The summed E-state index contributed by atoms with van der Waals surface area (Å²) in [6.45, 7) is 10.4. The maximum absolute atomic E-state index is 12.9. The number of hydrogen-bond donors (Lipinski definition) is 0. The predicted octanol–water partition coefficient (Wildman–Crippen LogP) is 2.99. The number of carbonyl (C=O) groups excluding carboxylic acids is 1. The number of aryl methyl sites for hydroxylation is 1. The molecule has 2 aromatic rings. The van der Waals surface area contributed by atoms with Gasteiger partial charge in [0.15, 0.2) is 0 Å². The van der Waals surface area contributed by atoms with E-state index in [1.165, 1.54) is 4.31 Å². The van der Waals surface area contributed by atoms with E-state index in [0.717, 1.165) is 23.5 Å². The van der Waals surface area contributed by atoms with E-state index in [1.807, 2.05) is 18.5 Å². The van der Waals surface area contributed by atoms with Crippen molar-refractivity contribution in [1.29, 1.82) is 0 Å². The molecule has 0 saturated carbocycles. The highest BCUT2D eigenvalue weighted by Crippen LogP contribution is 2.25. The van der Waals surface area contributed by atoms with Crippen LogP contribution in [0.25, 0.3) is 0 Å². The van der Waals surface area contributed by atoms with E-state index in [9.17, 15) is 13.2 Å². The molecule has 1 fully saturated rings. The number of amides is 1. The van der Waals surface area contributed by atoms with Crippen LogP contribution in [0.1, 0.15) is 30.8 Å². The lowest BCUT2D eigenvalue weighted by atomic mass is 10.1. The SMILES string of the molecule is Cc1nn(CC(C)C)c(C)c1CC(=O)N1CCN(S(=O)(=O)c2ccccc2Br)CC1. The van der Waals surface area contributed by atoms with Crippen LogP contribution in [0.4, 0.5) is 0 Å². The molecular formula is C21H29BrN4O3S. The van der Waals surface area contributed by atoms with Gasteiger partial charge in [-0.1, -0.05) is 26.0 Å². The molecule has 0 aliphatic carbocycles. The van der Waals surface area contributed by atoms with Gasteiger partial charge in [-0.25, -0.2) is 8.42 Å². The third-order valence-electron chi connectivity index (χ3n) is 5.44. The number of hydrogen-bond acceptors (Lipinski definition) is 4. The zero-order valence-electron chi connectivity index (χ0n) is 17.9. The Morgan fingerprint density at radius 1 is 1.13 bits per heavy atom. The molecule has 0 N–H and O–H groups in total. The Morgan fingerprint density at radius 2 is 1.77 bits per heavy atom. The largest absolute Gasteiger partial charge is 0.340 e. The minimum Gasteiger partial charge on any atom is -0.340 e. The van der Waals surface area contributed by atoms with Crippen LogP contribution >= 0.6 is 15.9 Å². The maximum Gasteiger partial charge on any atom is 0.244 e. The van der Waals surface area contributed by atoms with Crippen molar-refractivity contribution in [3.05, 3.63) is 45.7 Å². The Labute approximate surface area is 187 Å². The first kappa shape index (κ1) is 23.0. The van der Waals surface area contributed by atoms with E-state index < -0.39 is 10.0 Å². The fraction of sp³-hybridized carbons (Fsp3) is 0.524. The van der Waals surface area contributed by atoms with Crippen molar-refractivity contribution < 1.29 is 13.2 Å². The van der Waals surface area contributed by atoms with Gasteiger partial charge in [-0.15, -0.1) is 0 Å². The average Bonchev–Trinajstić information content (AvgIpc) is 2.95. The van der Waals surface area contributed by atoms with Crippen LogP contribution in [0, 0.1) is 19.8 Å². The monoisotopic (exact) mass is 496 g/mol. The quantitative estimate of drug-likeness (QED) is 0.615. The molecular weight excluding hydrogens is 468 g/mol. The molecule has 0 bridgehead atoms. The Balaban J connectivity index is 1.65. The average molecular weight is 497 g/mol. The van der Waals surface area contributed by atoms with E-state index in [-0.39, 0.29) is 10.8 Å². The first-order valence-corrected chi connectivity index (χ1v) is 12.4. The lowest BCUT2D eigenvalue weighted by Gasteiger charge is -2.34. The summed E-state index contributed by atoms with van der Waals surface area (Å²) in [6.07, 6.45) is 0.298. The highest BCUT2D eigenvalue weighted by atomic mass is 79.9. The Morgan fingerprint density at radius 3 is 2.37 bits per heavy atom. The second kappa shape index (κ2) is 9.20. The van der Waals surface area contributed by atoms with Crippen LogP contribution in [-0.4, -0.2) is 59.5 Å². The first-order valence-electron chi connectivity index (χ1n) is 10.2. The van der Waals surface area contributed by atoms with E-state index in [1.54, 1.807) is 29.2 Å². The molecule has 1 amide bonds. The topological polar surface area (TPSA) is 75.5 Å². The van der Waals surface area contributed by atoms with Crippen LogP contribution in [0.15, 0.2) is 33.6 Å². The number of nitrogens with zero attached hydrogens (tertiary/aromatic N) is 4. The van der Waals surface area contributed by atoms with Gasteiger partial charge in [0.1, 0.15) is 0 Å². The van der Waals surface area contributed by atoms with Crippen molar-refractivity contribution in [2.75, 3.05) is 26.2 Å². The number of benzene rings is 1. The van der Waals surface area contributed by atoms with Crippen LogP contribution in [0.5, 0.6) is 0 Å². The third-order valence-corrected chi connectivity index (χ3v) is 8.35. The molecule has 30 heavy (non-hydrogen) atoms. The van der Waals surface area contributed by atoms with Gasteiger partial charge in [-0.3, -0.25) is 9.48 Å². The number of piperazine rings is 1. The summed E-state index contributed by atoms with van der Waals surface area (Å²) in [4.78, 5) is 14.9. The highest BCUT2D eigenvalue weighted by molar-refractivity contribution is 9.10. The summed E-state index contributed by atoms with van der Waals surface area (Å²) in [5.41, 5.74) is 2.89. The molecule has 164 valence electrons. The fourth-order valence-electron chi connectivity index (χ4n) is 3.75. The van der Waals surface area contributed by atoms with Crippen molar-refractivity contribution in [3.63, 3.8) is 0 Å². The van der Waals surface area contributed by atoms with Crippen molar-refractivity contribution in [2.45, 2.75) is 45.6 Å². The standard InChI is InChI=1S/C21H29BrN4O3S/c1-15(2)14-26-17(4)18(16(3)23-26)13-21(27)24-9-11-25(12-10-24)30(28,29)20-8-6-5-7-19(20)22/h5-8,15H,9-14H2,1-4H3. The number of halogens is 1. The highest BCUT2D eigenvalue weighted by Gasteiger charge is 2.31. The fourth-order valence-corrected chi connectivity index (χ4v) is 6.13. The van der Waals surface area contributed by atoms with Crippen LogP contribution in [-0.2, 0) is 27.8 Å². The zero-order valence-corrected chi connectivity index (χ0v) is 20.3. The lowest BCUT2D eigenvalue weighted by molar-refractivity contribution is -0.131. The number of carbonyl (C=O) groups is 1. The van der Waals surface area contributed by atoms with Gasteiger partial charge < -0.3 is 4.90 Å². The Kier molecular flexibility index (Phi) is 7.04. The third kappa shape index (κ3) is 4.78. The second-order valence-corrected chi connectivity index (χ2v) is 10.9. The van der Waals surface area contributed by atoms with Gasteiger partial charge in [0, 0.05) is 48.5 Å². The summed E-state index contributed by atoms with van der Waals surface area (Å²) in [5, 5.41) is 4.59. The molecule has 0 atom stereocenters. The van der Waals surface area contributed by atoms with Gasteiger partial charge in [-0.2, -0.15) is 9.40 Å². The molecule has 0 radical (unpaired) electrons. The van der Waals surface area contributed by atoms with Crippen LogP contribution in [0.3, 0.4) is 0 Å². The van der Waals surface area contributed by atoms with E-state index in [4.69, 9.17) is 0 Å². The molecule has 1 aliphatic rings. The predicted molar refractivity (Wildman–Crippen MR) is 120 cm³/mol. The van der Waals surface area contributed by atoms with E-state index >= 15 is 0 Å². The Hall–Kier alpha value is -1.71. The molecule has 1 aromatic carbocycles. The molecule has 0 spiro atoms. The summed E-state index contributed by atoms with van der Waals surface area (Å²) in [7, 11) is -3.59. The van der Waals surface area contributed by atoms with Crippen LogP contribution in [0.2, 0.25) is 0 Å². The van der Waals surface area contributed by atoms with E-state index in [2.05, 4.69) is 34.9 Å². The summed E-state index contributed by atoms with van der Waals surface area (Å²) >= 11 is 3.32. The van der Waals surface area contributed by atoms with Gasteiger partial charge in [-0.05, 0) is 47.8 Å². The minimum atomic E-state index is -3.59. The molecule has 7 nitrogen and oxygen atoms in total. The van der Waals surface area contributed by atoms with Gasteiger partial charge in [0.2, 0.25) is 15.9 Å². The van der Waals surface area contributed by atoms with Crippen molar-refractivity contribution >= 4 is 31.9 Å². The minimum absolute atomic E-state index is 0.0169. The van der Waals surface area contributed by atoms with Crippen molar-refractivity contribution in [1.82, 2.24) is 19.0 Å². The lowest BCUT2D eigenvalue weighted by Crippen LogP contribution is -2.50. The van der Waals surface area contributed by atoms with Gasteiger partial charge >= 0.3 is 0 Å². The molecule has 1 aliphatic heterocycles. The van der Waals surface area contributed by atoms with Gasteiger partial charge in [0.05, 0.1) is 17.0 Å². The van der Waals surface area contributed by atoms with Crippen LogP contribution < -0.4 is 0 Å². The molecule has 2 heterocycles. The summed E-state index contributed by atoms with van der Waals surface area (Å²) in [6, 6.07) is 6.81. The maximum atomic E-state index is 12.9. The number of sulfonamides is 1. The van der Waals surface area contributed by atoms with Gasteiger partial charge in [0.25, 0.3) is 0 Å². The zero-order chi connectivity index (χ0) is 22.1. The number of aromatic nitrogens is 2. The molecule has 1 aromatic heterocycles. The summed E-state index contributed by atoms with van der Waals surface area (Å²) < 4.78 is 29.9. The first-order chi connectivity index (χ1) is 14.1. The molecule has 3 rings (SSSR count). The normalized spacial score (nSPS) is 15.7. The van der Waals surface area contributed by atoms with Crippen molar-refractivity contribution in [2.24, 2.45) is 5.92 Å². The van der Waals surface area contributed by atoms with Crippen molar-refractivity contribution in [3.8, 4) is 0 Å². The molecule has 9 heteroatoms.